The summed E-state index contributed by atoms with van der Waals surface area (Å²) in [5.74, 6) is 2.07. The number of rotatable bonds is 6. The molecule has 0 heterocycles. The van der Waals surface area contributed by atoms with E-state index in [4.69, 9.17) is 0 Å². The van der Waals surface area contributed by atoms with Crippen molar-refractivity contribution in [3.8, 4) is 0 Å². The largest absolute Gasteiger partial charge is 0.299 e. The van der Waals surface area contributed by atoms with Gasteiger partial charge in [-0.15, -0.1) is 0 Å². The van der Waals surface area contributed by atoms with Crippen LogP contribution in [0.3, 0.4) is 0 Å². The third-order valence-corrected chi connectivity index (χ3v) is 3.26. The molecule has 0 spiro atoms. The maximum atomic E-state index is 11.3. The van der Waals surface area contributed by atoms with E-state index in [1.54, 1.807) is 11.8 Å². The highest BCUT2D eigenvalue weighted by Crippen LogP contribution is 2.33. The number of thioether (sulfide) groups is 1. The Morgan fingerprint density at radius 3 is 2.67 bits per heavy atom. The van der Waals surface area contributed by atoms with E-state index < -0.39 is 0 Å². The van der Waals surface area contributed by atoms with Crippen LogP contribution in [0.4, 0.5) is 0 Å². The molecule has 0 radical (unpaired) electrons. The molecule has 0 saturated heterocycles. The van der Waals surface area contributed by atoms with E-state index in [-0.39, 0.29) is 0 Å². The van der Waals surface area contributed by atoms with E-state index >= 15 is 0 Å². The normalized spacial score (nSPS) is 16.9. The van der Waals surface area contributed by atoms with Crippen LogP contribution < -0.4 is 0 Å². The molecule has 0 atom stereocenters. The van der Waals surface area contributed by atoms with Gasteiger partial charge in [0.25, 0.3) is 0 Å². The van der Waals surface area contributed by atoms with Crippen molar-refractivity contribution in [2.45, 2.75) is 44.8 Å². The zero-order valence-electron chi connectivity index (χ0n) is 8.01. The smallest absolute Gasteiger partial charge is 0.142 e. The standard InChI is InChI=1S/C10H18OS/c1-8(2)12-7-10(11)6-5-9-3-4-9/h8-9H,3-7H2,1-2H3. The Hall–Kier alpha value is 0.0200. The van der Waals surface area contributed by atoms with Crippen LogP contribution in [0.15, 0.2) is 0 Å². The van der Waals surface area contributed by atoms with Crippen LogP contribution in [0.1, 0.15) is 39.5 Å². The summed E-state index contributed by atoms with van der Waals surface area (Å²) in [7, 11) is 0. The molecule has 0 aromatic heterocycles. The molecule has 70 valence electrons. The topological polar surface area (TPSA) is 17.1 Å². The minimum Gasteiger partial charge on any atom is -0.299 e. The van der Waals surface area contributed by atoms with Gasteiger partial charge < -0.3 is 0 Å². The van der Waals surface area contributed by atoms with Crippen LogP contribution in [0, 0.1) is 5.92 Å². The molecule has 0 aromatic carbocycles. The van der Waals surface area contributed by atoms with E-state index in [9.17, 15) is 4.79 Å². The molecular formula is C10H18OS. The van der Waals surface area contributed by atoms with Crippen molar-refractivity contribution >= 4 is 17.5 Å². The molecule has 1 rings (SSSR count). The van der Waals surface area contributed by atoms with Crippen LogP contribution in [-0.4, -0.2) is 16.8 Å². The fourth-order valence-corrected chi connectivity index (χ4v) is 1.77. The second-order valence-electron chi connectivity index (χ2n) is 3.88. The number of hydrogen-bond donors (Lipinski definition) is 0. The summed E-state index contributed by atoms with van der Waals surface area (Å²) < 4.78 is 0. The molecule has 1 aliphatic rings. The van der Waals surface area contributed by atoms with Crippen molar-refractivity contribution in [3.63, 3.8) is 0 Å². The first-order chi connectivity index (χ1) is 5.68. The maximum absolute atomic E-state index is 11.3. The average molecular weight is 186 g/mol. The molecule has 0 N–H and O–H groups in total. The van der Waals surface area contributed by atoms with E-state index in [0.29, 0.717) is 11.0 Å². The average Bonchev–Trinajstić information content (AvgIpc) is 2.80. The Labute approximate surface area is 79.3 Å². The zero-order chi connectivity index (χ0) is 8.97. The van der Waals surface area contributed by atoms with E-state index in [1.807, 2.05) is 0 Å². The van der Waals surface area contributed by atoms with Crippen molar-refractivity contribution in [2.24, 2.45) is 5.92 Å². The Morgan fingerprint density at radius 2 is 2.17 bits per heavy atom. The molecule has 0 aliphatic heterocycles. The number of carbonyl (C=O) groups excluding carboxylic acids is 1. The lowest BCUT2D eigenvalue weighted by Gasteiger charge is -2.02. The molecule has 0 unspecified atom stereocenters. The lowest BCUT2D eigenvalue weighted by atomic mass is 10.2. The third kappa shape index (κ3) is 4.81. The lowest BCUT2D eigenvalue weighted by molar-refractivity contribution is -0.116. The van der Waals surface area contributed by atoms with E-state index in [1.165, 1.54) is 12.8 Å². The van der Waals surface area contributed by atoms with Gasteiger partial charge in [-0.3, -0.25) is 4.79 Å². The van der Waals surface area contributed by atoms with Gasteiger partial charge in [0, 0.05) is 6.42 Å². The Kier molecular flexibility index (Phi) is 4.13. The fourth-order valence-electron chi connectivity index (χ4n) is 1.10. The van der Waals surface area contributed by atoms with Crippen LogP contribution in [0.25, 0.3) is 0 Å². The van der Waals surface area contributed by atoms with Gasteiger partial charge in [0.05, 0.1) is 5.75 Å². The first-order valence-electron chi connectivity index (χ1n) is 4.82. The molecule has 0 aromatic rings. The summed E-state index contributed by atoms with van der Waals surface area (Å²) in [5, 5.41) is 0.592. The van der Waals surface area contributed by atoms with E-state index in [2.05, 4.69) is 13.8 Å². The van der Waals surface area contributed by atoms with Gasteiger partial charge in [-0.2, -0.15) is 11.8 Å². The summed E-state index contributed by atoms with van der Waals surface area (Å²) in [6.07, 6.45) is 4.71. The highest BCUT2D eigenvalue weighted by atomic mass is 32.2. The Balaban J connectivity index is 1.95. The molecule has 0 bridgehead atoms. The van der Waals surface area contributed by atoms with Crippen LogP contribution in [0.5, 0.6) is 0 Å². The van der Waals surface area contributed by atoms with Gasteiger partial charge in [0.2, 0.25) is 0 Å². The first-order valence-corrected chi connectivity index (χ1v) is 5.86. The summed E-state index contributed by atoms with van der Waals surface area (Å²) in [6, 6.07) is 0. The van der Waals surface area contributed by atoms with Gasteiger partial charge in [0.15, 0.2) is 0 Å². The Morgan fingerprint density at radius 1 is 1.50 bits per heavy atom. The first kappa shape index (κ1) is 10.1. The van der Waals surface area contributed by atoms with Gasteiger partial charge in [-0.05, 0) is 17.6 Å². The number of carbonyl (C=O) groups is 1. The second-order valence-corrected chi connectivity index (χ2v) is 5.45. The van der Waals surface area contributed by atoms with Crippen molar-refractivity contribution in [1.29, 1.82) is 0 Å². The van der Waals surface area contributed by atoms with Gasteiger partial charge >= 0.3 is 0 Å². The summed E-state index contributed by atoms with van der Waals surface area (Å²) in [6.45, 7) is 4.28. The molecular weight excluding hydrogens is 168 g/mol. The molecule has 1 saturated carbocycles. The molecule has 2 heteroatoms. The maximum Gasteiger partial charge on any atom is 0.142 e. The van der Waals surface area contributed by atoms with Crippen molar-refractivity contribution < 1.29 is 4.79 Å². The second kappa shape index (κ2) is 4.90. The Bertz CT molecular complexity index is 142. The summed E-state index contributed by atoms with van der Waals surface area (Å²) in [4.78, 5) is 11.3. The summed E-state index contributed by atoms with van der Waals surface area (Å²) in [5.41, 5.74) is 0. The minimum absolute atomic E-state index is 0.445. The SMILES string of the molecule is CC(C)SCC(=O)CCC1CC1. The highest BCUT2D eigenvalue weighted by Gasteiger charge is 2.21. The molecule has 1 aliphatic carbocycles. The van der Waals surface area contributed by atoms with E-state index in [0.717, 1.165) is 24.5 Å². The third-order valence-electron chi connectivity index (χ3n) is 2.11. The van der Waals surface area contributed by atoms with Gasteiger partial charge in [-0.25, -0.2) is 0 Å². The number of hydrogen-bond acceptors (Lipinski definition) is 2. The monoisotopic (exact) mass is 186 g/mol. The molecule has 12 heavy (non-hydrogen) atoms. The minimum atomic E-state index is 0.445. The van der Waals surface area contributed by atoms with Crippen molar-refractivity contribution in [3.05, 3.63) is 0 Å². The number of Topliss-reactive ketones (excluding diaryl/α,β-unsaturated/α-hetero) is 1. The van der Waals surface area contributed by atoms with Gasteiger partial charge in [-0.1, -0.05) is 26.7 Å². The fraction of sp³-hybridized carbons (Fsp3) is 0.900. The quantitative estimate of drug-likeness (QED) is 0.634. The molecule has 1 fully saturated rings. The summed E-state index contributed by atoms with van der Waals surface area (Å²) >= 11 is 1.76. The van der Waals surface area contributed by atoms with Crippen molar-refractivity contribution in [2.75, 3.05) is 5.75 Å². The van der Waals surface area contributed by atoms with Crippen LogP contribution in [-0.2, 0) is 4.79 Å². The predicted molar refractivity (Wildman–Crippen MR) is 54.6 cm³/mol. The van der Waals surface area contributed by atoms with Crippen LogP contribution in [0.2, 0.25) is 0 Å². The number of ketones is 1. The van der Waals surface area contributed by atoms with Gasteiger partial charge in [0.1, 0.15) is 5.78 Å². The predicted octanol–water partition coefficient (Wildman–Crippen LogP) is 2.89. The zero-order valence-corrected chi connectivity index (χ0v) is 8.82. The lowest BCUT2D eigenvalue weighted by Crippen LogP contribution is -2.04. The molecule has 1 nitrogen and oxygen atoms in total. The van der Waals surface area contributed by atoms with Crippen molar-refractivity contribution in [1.82, 2.24) is 0 Å². The molecule has 0 amide bonds. The van der Waals surface area contributed by atoms with Crippen LogP contribution >= 0.6 is 11.8 Å². The highest BCUT2D eigenvalue weighted by molar-refractivity contribution is 8.00.